The summed E-state index contributed by atoms with van der Waals surface area (Å²) in [5.41, 5.74) is 6.26. The van der Waals surface area contributed by atoms with Gasteiger partial charge in [0.25, 0.3) is 0 Å². The van der Waals surface area contributed by atoms with Crippen molar-refractivity contribution < 1.29 is 21.0 Å². The zero-order valence-electron chi connectivity index (χ0n) is 16.3. The third kappa shape index (κ3) is 3.00. The van der Waals surface area contributed by atoms with Crippen molar-refractivity contribution in [3.63, 3.8) is 0 Å². The van der Waals surface area contributed by atoms with Crippen LogP contribution in [0.15, 0.2) is 60.7 Å². The average Bonchev–Trinajstić information content (AvgIpc) is 3.29. The number of aliphatic hydroxyl groups is 1. The molecule has 2 aromatic carbocycles. The molecule has 1 nitrogen and oxygen atoms in total. The fourth-order valence-corrected chi connectivity index (χ4v) is 19.7. The van der Waals surface area contributed by atoms with Crippen LogP contribution in [0.2, 0.25) is 0 Å². The van der Waals surface area contributed by atoms with Crippen molar-refractivity contribution in [2.75, 3.05) is 6.61 Å². The third-order valence-electron chi connectivity index (χ3n) is 6.51. The van der Waals surface area contributed by atoms with Crippen LogP contribution in [0.3, 0.4) is 0 Å². The van der Waals surface area contributed by atoms with Crippen LogP contribution in [-0.2, 0) is 15.9 Å². The first-order valence-corrected chi connectivity index (χ1v) is 20.3. The van der Waals surface area contributed by atoms with Gasteiger partial charge in [0.2, 0.25) is 0 Å². The van der Waals surface area contributed by atoms with Crippen molar-refractivity contribution in [2.45, 2.75) is 33.9 Å². The van der Waals surface area contributed by atoms with Crippen LogP contribution in [0.4, 0.5) is 0 Å². The van der Waals surface area contributed by atoms with Gasteiger partial charge in [-0.2, -0.15) is 0 Å². The predicted molar refractivity (Wildman–Crippen MR) is 120 cm³/mol. The first kappa shape index (κ1) is 20.5. The average molecular weight is 493 g/mol. The fraction of sp³-hybridized carbons (Fsp3) is 0.292. The second-order valence-electron chi connectivity index (χ2n) is 8.20. The van der Waals surface area contributed by atoms with Gasteiger partial charge in [0, 0.05) is 0 Å². The molecule has 0 heterocycles. The zero-order valence-corrected chi connectivity index (χ0v) is 20.3. The topological polar surface area (TPSA) is 20.2 Å². The second kappa shape index (κ2) is 7.48. The molecule has 0 aliphatic heterocycles. The van der Waals surface area contributed by atoms with Gasteiger partial charge >= 0.3 is 176 Å². The standard InChI is InChI=1S/C12H13O.C9H7.C3H6.2ClH.Zr/c13-9-3-5-11-8-7-10-4-1-2-6-12(10)11;1-2-5-9-7-3-6-8(9)4-1;1-3-2;;;/h1-2,4,6-8,13H,3,5,9H2;1-7H;1-2H3;2*1H;/q;;;;;+2/p-2. The van der Waals surface area contributed by atoms with E-state index in [2.05, 4.69) is 80.6 Å². The van der Waals surface area contributed by atoms with Gasteiger partial charge in [0.05, 0.1) is 0 Å². The molecule has 0 radical (unpaired) electrons. The van der Waals surface area contributed by atoms with Crippen LogP contribution in [-0.4, -0.2) is 14.9 Å². The molecule has 146 valence electrons. The van der Waals surface area contributed by atoms with Gasteiger partial charge in [-0.1, -0.05) is 0 Å². The predicted octanol–water partition coefficient (Wildman–Crippen LogP) is 6.87. The number of benzene rings is 2. The third-order valence-corrected chi connectivity index (χ3v) is 29.3. The number of fused-ring (bicyclic) bond motifs is 2. The molecule has 2 atom stereocenters. The zero-order chi connectivity index (χ0) is 20.0. The van der Waals surface area contributed by atoms with Crippen molar-refractivity contribution in [3.8, 4) is 0 Å². The molecule has 0 aromatic heterocycles. The van der Waals surface area contributed by atoms with Crippen molar-refractivity contribution >= 4 is 31.9 Å². The Labute approximate surface area is 175 Å². The summed E-state index contributed by atoms with van der Waals surface area (Å²) in [6.07, 6.45) is 8.35. The van der Waals surface area contributed by atoms with Crippen molar-refractivity contribution in [3.05, 3.63) is 82.9 Å². The summed E-state index contributed by atoms with van der Waals surface area (Å²) in [6.45, 7) is 4.45. The fourth-order valence-electron chi connectivity index (χ4n) is 4.89. The minimum absolute atomic E-state index is 0.0421. The Balaban J connectivity index is 1.93. The molecule has 0 bridgehead atoms. The van der Waals surface area contributed by atoms with E-state index >= 15 is 0 Å². The summed E-state index contributed by atoms with van der Waals surface area (Å²) >= 11 is -4.56. The van der Waals surface area contributed by atoms with E-state index in [1.807, 2.05) is 0 Å². The molecule has 0 spiro atoms. The molecule has 4 rings (SSSR count). The molecule has 0 saturated heterocycles. The van der Waals surface area contributed by atoms with Crippen LogP contribution in [0.5, 0.6) is 0 Å². The van der Waals surface area contributed by atoms with Gasteiger partial charge in [-0.25, -0.2) is 0 Å². The van der Waals surface area contributed by atoms with E-state index < -0.39 is 15.9 Å². The Morgan fingerprint density at radius 1 is 0.964 bits per heavy atom. The maximum absolute atomic E-state index is 9.34. The Morgan fingerprint density at radius 2 is 1.64 bits per heavy atom. The minimum atomic E-state index is -4.56. The Kier molecular flexibility index (Phi) is 5.47. The van der Waals surface area contributed by atoms with E-state index in [-0.39, 0.29) is 13.9 Å². The van der Waals surface area contributed by atoms with Gasteiger partial charge in [-0.3, -0.25) is 0 Å². The molecule has 28 heavy (non-hydrogen) atoms. The van der Waals surface area contributed by atoms with Gasteiger partial charge in [-0.15, -0.1) is 0 Å². The summed E-state index contributed by atoms with van der Waals surface area (Å²) in [6, 6.07) is 17.0. The molecule has 2 aliphatic carbocycles. The van der Waals surface area contributed by atoms with Crippen LogP contribution >= 0.6 is 17.0 Å². The van der Waals surface area contributed by atoms with E-state index in [0.29, 0.717) is 0 Å². The molecule has 2 aromatic rings. The summed E-state index contributed by atoms with van der Waals surface area (Å²) in [5, 5.41) is 9.34. The molecule has 2 unspecified atom stereocenters. The molecular formula is C24H26Cl2OZr. The molecule has 1 N–H and O–H groups in total. The maximum atomic E-state index is 9.34. The number of hydrogen-bond acceptors (Lipinski definition) is 1. The van der Waals surface area contributed by atoms with E-state index in [1.54, 1.807) is 0 Å². The first-order valence-electron chi connectivity index (χ1n) is 9.93. The molecular weight excluding hydrogens is 466 g/mol. The van der Waals surface area contributed by atoms with Gasteiger partial charge in [0.15, 0.2) is 0 Å². The van der Waals surface area contributed by atoms with Gasteiger partial charge < -0.3 is 0 Å². The molecule has 2 aliphatic rings. The van der Waals surface area contributed by atoms with Crippen molar-refractivity contribution in [1.29, 1.82) is 0 Å². The number of halogens is 2. The number of hydrogen-bond donors (Lipinski definition) is 1. The summed E-state index contributed by atoms with van der Waals surface area (Å²) < 4.78 is 1.30. The van der Waals surface area contributed by atoms with Crippen LogP contribution in [0.25, 0.3) is 11.6 Å². The first-order chi connectivity index (χ1) is 13.4. The summed E-state index contributed by atoms with van der Waals surface area (Å²) in [7, 11) is 15.6. The second-order valence-corrected chi connectivity index (χ2v) is 30.2. The molecule has 0 fully saturated rings. The van der Waals surface area contributed by atoms with Gasteiger partial charge in [0.1, 0.15) is 0 Å². The molecule has 4 heteroatoms. The van der Waals surface area contributed by atoms with Crippen LogP contribution < -0.4 is 0 Å². The number of rotatable bonds is 5. The Morgan fingerprint density at radius 3 is 2.36 bits per heavy atom. The van der Waals surface area contributed by atoms with E-state index in [0.717, 1.165) is 12.8 Å². The Bertz CT molecular complexity index is 1050. The Hall–Kier alpha value is -0.787. The monoisotopic (exact) mass is 490 g/mol. The van der Waals surface area contributed by atoms with Crippen molar-refractivity contribution in [2.24, 2.45) is 0 Å². The van der Waals surface area contributed by atoms with Crippen LogP contribution in [0.1, 0.15) is 56.2 Å². The summed E-state index contributed by atoms with van der Waals surface area (Å²) in [4.78, 5) is 0. The molecule has 0 amide bonds. The number of allylic oxidation sites excluding steroid dienone is 3. The van der Waals surface area contributed by atoms with Crippen LogP contribution in [0, 0.1) is 0 Å². The van der Waals surface area contributed by atoms with Gasteiger partial charge in [-0.05, 0) is 0 Å². The van der Waals surface area contributed by atoms with E-state index in [9.17, 15) is 5.11 Å². The molecule has 0 saturated carbocycles. The summed E-state index contributed by atoms with van der Waals surface area (Å²) in [5.74, 6) is 0. The SMILES string of the molecule is C[C](C)=[Zr]([Cl])([Cl])([CH]1C=Cc2ccccc21)[CH]1C=C(CCCO)c2ccccc21. The quantitative estimate of drug-likeness (QED) is 0.483. The normalized spacial score (nSPS) is 20.7. The van der Waals surface area contributed by atoms with E-state index in [4.69, 9.17) is 17.0 Å². The van der Waals surface area contributed by atoms with Crippen molar-refractivity contribution in [1.82, 2.24) is 0 Å². The number of aliphatic hydroxyl groups excluding tert-OH is 1. The van der Waals surface area contributed by atoms with E-state index in [1.165, 1.54) is 31.0 Å².